The maximum atomic E-state index is 12.9. The lowest BCUT2D eigenvalue weighted by Crippen LogP contribution is -2.55. The molecule has 1 saturated heterocycles. The molecule has 8 N–H and O–H groups in total. The average Bonchev–Trinajstić information content (AvgIpc) is 2.69. The Morgan fingerprint density at radius 1 is 0.833 bits per heavy atom. The predicted octanol–water partition coefficient (Wildman–Crippen LogP) is -0.717. The molecule has 0 spiro atoms. The Bertz CT molecular complexity index is 1200. The molecule has 0 saturated carbocycles. The Morgan fingerprint density at radius 2 is 1.47 bits per heavy atom. The highest BCUT2D eigenvalue weighted by molar-refractivity contribution is 5.96. The van der Waals surface area contributed by atoms with E-state index in [1.54, 1.807) is 0 Å². The van der Waals surface area contributed by atoms with Gasteiger partial charge in [-0.1, -0.05) is 0 Å². The third-order valence-electron chi connectivity index (χ3n) is 5.23. The van der Waals surface area contributed by atoms with Gasteiger partial charge >= 0.3 is 0 Å². The molecule has 0 bridgehead atoms. The second kappa shape index (κ2) is 7.00. The van der Waals surface area contributed by atoms with Crippen LogP contribution in [0.25, 0.3) is 21.9 Å². The molecule has 11 nitrogen and oxygen atoms in total. The summed E-state index contributed by atoms with van der Waals surface area (Å²) in [6, 6.07) is 2.90. The molecule has 4 rings (SSSR count). The third-order valence-corrected chi connectivity index (χ3v) is 5.23. The van der Waals surface area contributed by atoms with E-state index in [9.17, 15) is 45.6 Å². The molecule has 0 unspecified atom stereocenters. The number of hydrogen-bond acceptors (Lipinski definition) is 11. The van der Waals surface area contributed by atoms with Crippen molar-refractivity contribution in [1.82, 2.24) is 0 Å². The first-order valence-corrected chi connectivity index (χ1v) is 8.83. The first-order valence-electron chi connectivity index (χ1n) is 8.83. The van der Waals surface area contributed by atoms with Gasteiger partial charge < -0.3 is 50.0 Å². The van der Waals surface area contributed by atoms with Gasteiger partial charge in [0, 0.05) is 12.1 Å². The summed E-state index contributed by atoms with van der Waals surface area (Å²) in [6.07, 6.45) is -8.16. The van der Waals surface area contributed by atoms with Crippen LogP contribution in [0.3, 0.4) is 0 Å². The normalized spacial score (nSPS) is 27.0. The van der Waals surface area contributed by atoms with Crippen molar-refractivity contribution in [2.45, 2.75) is 30.5 Å². The van der Waals surface area contributed by atoms with Gasteiger partial charge in [0.2, 0.25) is 5.43 Å². The summed E-state index contributed by atoms with van der Waals surface area (Å²) in [5.41, 5.74) is -1.66. The van der Waals surface area contributed by atoms with Crippen molar-refractivity contribution in [3.8, 4) is 23.0 Å². The van der Waals surface area contributed by atoms with E-state index >= 15 is 0 Å². The topological polar surface area (TPSA) is 201 Å². The van der Waals surface area contributed by atoms with E-state index < -0.39 is 76.5 Å². The monoisotopic (exact) mass is 422 g/mol. The van der Waals surface area contributed by atoms with Gasteiger partial charge in [0.1, 0.15) is 58.6 Å². The van der Waals surface area contributed by atoms with Crippen molar-refractivity contribution in [1.29, 1.82) is 0 Å². The SMILES string of the molecule is O=c1c2cc(O)c(O)cc2oc2cc(O)c([C@H]3O[C@H](CO)[C@@H](O)[C@H](O)[C@H]3O)c(O)c12. The van der Waals surface area contributed by atoms with Crippen molar-refractivity contribution in [2.75, 3.05) is 6.61 Å². The fraction of sp³-hybridized carbons (Fsp3) is 0.316. The molecule has 160 valence electrons. The van der Waals surface area contributed by atoms with Gasteiger partial charge in [-0.05, 0) is 6.07 Å². The summed E-state index contributed by atoms with van der Waals surface area (Å²) < 4.78 is 10.8. The molecule has 5 atom stereocenters. The molecule has 2 aromatic carbocycles. The summed E-state index contributed by atoms with van der Waals surface area (Å²) in [7, 11) is 0. The van der Waals surface area contributed by atoms with E-state index in [4.69, 9.17) is 9.15 Å². The molecule has 1 fully saturated rings. The van der Waals surface area contributed by atoms with Crippen LogP contribution in [-0.4, -0.2) is 71.9 Å². The van der Waals surface area contributed by atoms with Crippen LogP contribution >= 0.6 is 0 Å². The quantitative estimate of drug-likeness (QED) is 0.191. The molecule has 2 heterocycles. The number of aliphatic hydroxyl groups excluding tert-OH is 4. The van der Waals surface area contributed by atoms with Crippen molar-refractivity contribution in [3.05, 3.63) is 34.0 Å². The first kappa shape index (κ1) is 20.2. The average molecular weight is 422 g/mol. The molecule has 3 aromatic rings. The number of fused-ring (bicyclic) bond motifs is 2. The van der Waals surface area contributed by atoms with E-state index in [0.29, 0.717) is 0 Å². The summed E-state index contributed by atoms with van der Waals surface area (Å²) in [5, 5.41) is 79.4. The summed E-state index contributed by atoms with van der Waals surface area (Å²) >= 11 is 0. The molecule has 11 heteroatoms. The number of benzene rings is 2. The van der Waals surface area contributed by atoms with Crippen LogP contribution < -0.4 is 5.43 Å². The lowest BCUT2D eigenvalue weighted by molar-refractivity contribution is -0.232. The van der Waals surface area contributed by atoms with E-state index in [1.807, 2.05) is 0 Å². The number of rotatable bonds is 2. The number of ether oxygens (including phenoxy) is 1. The molecule has 0 amide bonds. The Morgan fingerprint density at radius 3 is 2.13 bits per heavy atom. The minimum Gasteiger partial charge on any atom is -0.507 e. The van der Waals surface area contributed by atoms with Crippen LogP contribution in [0.15, 0.2) is 27.4 Å². The summed E-state index contributed by atoms with van der Waals surface area (Å²) in [6.45, 7) is -0.730. The number of aliphatic hydroxyl groups is 4. The third kappa shape index (κ3) is 2.83. The lowest BCUT2D eigenvalue weighted by Gasteiger charge is -2.40. The number of phenols is 4. The molecule has 0 aliphatic carbocycles. The Balaban J connectivity index is 1.98. The van der Waals surface area contributed by atoms with Crippen molar-refractivity contribution in [2.24, 2.45) is 0 Å². The fourth-order valence-corrected chi connectivity index (χ4v) is 3.64. The minimum absolute atomic E-state index is 0.123. The maximum absolute atomic E-state index is 12.9. The van der Waals surface area contributed by atoms with Gasteiger partial charge in [-0.3, -0.25) is 4.79 Å². The summed E-state index contributed by atoms with van der Waals surface area (Å²) in [4.78, 5) is 12.9. The minimum atomic E-state index is -1.81. The molecule has 1 aliphatic rings. The van der Waals surface area contributed by atoms with E-state index in [1.165, 1.54) is 0 Å². The van der Waals surface area contributed by atoms with E-state index in [-0.39, 0.29) is 16.6 Å². The molecular weight excluding hydrogens is 404 g/mol. The van der Waals surface area contributed by atoms with Gasteiger partial charge in [-0.15, -0.1) is 0 Å². The van der Waals surface area contributed by atoms with Crippen LogP contribution in [-0.2, 0) is 4.74 Å². The smallest absolute Gasteiger partial charge is 0.204 e. The number of phenolic OH excluding ortho intramolecular Hbond substituents is 4. The lowest BCUT2D eigenvalue weighted by atomic mass is 9.89. The molecule has 1 aliphatic heterocycles. The standard InChI is InChI=1S/C19H18O11/c20-4-11-15(25)17(27)18(28)19(30-11)12-8(23)3-10-13(16(12)26)14(24)5-1-6(21)7(22)2-9(5)29-10/h1-3,11,15,17-23,25-28H,4H2/t11-,15-,17+,18-,19-/m1/s1. The Hall–Kier alpha value is -3.09. The van der Waals surface area contributed by atoms with Gasteiger partial charge in [-0.25, -0.2) is 0 Å². The number of aromatic hydroxyl groups is 4. The molecule has 1 aromatic heterocycles. The summed E-state index contributed by atoms with van der Waals surface area (Å²) in [5.74, 6) is -2.62. The van der Waals surface area contributed by atoms with Crippen molar-refractivity contribution >= 4 is 21.9 Å². The Labute approximate surface area is 166 Å². The Kier molecular flexibility index (Phi) is 4.71. The second-order valence-electron chi connectivity index (χ2n) is 7.05. The zero-order chi connectivity index (χ0) is 21.9. The molecular formula is C19H18O11. The first-order chi connectivity index (χ1) is 14.1. The highest BCUT2D eigenvalue weighted by Crippen LogP contribution is 2.45. The predicted molar refractivity (Wildman–Crippen MR) is 99.4 cm³/mol. The van der Waals surface area contributed by atoms with E-state index in [2.05, 4.69) is 0 Å². The van der Waals surface area contributed by atoms with Gasteiger partial charge in [0.15, 0.2) is 11.5 Å². The van der Waals surface area contributed by atoms with Crippen LogP contribution in [0, 0.1) is 0 Å². The largest absolute Gasteiger partial charge is 0.507 e. The van der Waals surface area contributed by atoms with Crippen LogP contribution in [0.1, 0.15) is 11.7 Å². The van der Waals surface area contributed by atoms with Crippen molar-refractivity contribution < 1.29 is 50.0 Å². The van der Waals surface area contributed by atoms with Crippen molar-refractivity contribution in [3.63, 3.8) is 0 Å². The highest BCUT2D eigenvalue weighted by Gasteiger charge is 2.46. The van der Waals surface area contributed by atoms with Gasteiger partial charge in [-0.2, -0.15) is 0 Å². The van der Waals surface area contributed by atoms with Crippen LogP contribution in [0.2, 0.25) is 0 Å². The second-order valence-corrected chi connectivity index (χ2v) is 7.05. The fourth-order valence-electron chi connectivity index (χ4n) is 3.64. The van der Waals surface area contributed by atoms with Crippen LogP contribution in [0.4, 0.5) is 0 Å². The van der Waals surface area contributed by atoms with Crippen LogP contribution in [0.5, 0.6) is 23.0 Å². The zero-order valence-electron chi connectivity index (χ0n) is 15.1. The highest BCUT2D eigenvalue weighted by atomic mass is 16.5. The van der Waals surface area contributed by atoms with Gasteiger partial charge in [0.25, 0.3) is 0 Å². The molecule has 0 radical (unpaired) electrons. The van der Waals surface area contributed by atoms with Gasteiger partial charge in [0.05, 0.1) is 17.6 Å². The zero-order valence-corrected chi connectivity index (χ0v) is 15.1. The maximum Gasteiger partial charge on any atom is 0.204 e. The molecule has 30 heavy (non-hydrogen) atoms. The van der Waals surface area contributed by atoms with E-state index in [0.717, 1.165) is 18.2 Å². The number of hydrogen-bond donors (Lipinski definition) is 8.